The van der Waals surface area contributed by atoms with Crippen molar-refractivity contribution >= 4 is 17.8 Å². The van der Waals surface area contributed by atoms with E-state index < -0.39 is 0 Å². The number of hydrogen-bond donors (Lipinski definition) is 0. The highest BCUT2D eigenvalue weighted by atomic mass is 35.5. The Balaban J connectivity index is 2.86. The second kappa shape index (κ2) is 3.98. The average Bonchev–Trinajstić information content (AvgIpc) is 2.03. The lowest BCUT2D eigenvalue weighted by atomic mass is 10.2. The fourth-order valence-corrected chi connectivity index (χ4v) is 0.810. The molecular formula is C8H7ClNO. The Morgan fingerprint density at radius 1 is 1.73 bits per heavy atom. The van der Waals surface area contributed by atoms with Crippen molar-refractivity contribution in [1.82, 2.24) is 0 Å². The van der Waals surface area contributed by atoms with Crippen molar-refractivity contribution in [2.45, 2.75) is 0 Å². The third-order valence-corrected chi connectivity index (χ3v) is 1.45. The molecule has 0 saturated heterocycles. The van der Waals surface area contributed by atoms with E-state index in [2.05, 4.69) is 16.1 Å². The second-order valence-electron chi connectivity index (χ2n) is 1.85. The molecule has 1 rings (SSSR count). The molecule has 1 radical (unpaired) electrons. The lowest BCUT2D eigenvalue weighted by molar-refractivity contribution is 0.215. The van der Waals surface area contributed by atoms with Crippen LogP contribution in [0.2, 0.25) is 5.02 Å². The first kappa shape index (κ1) is 8.08. The molecule has 0 aliphatic rings. The monoisotopic (exact) mass is 168 g/mol. The van der Waals surface area contributed by atoms with E-state index in [-0.39, 0.29) is 0 Å². The Morgan fingerprint density at radius 2 is 2.55 bits per heavy atom. The van der Waals surface area contributed by atoms with Gasteiger partial charge < -0.3 is 4.84 Å². The highest BCUT2D eigenvalue weighted by Gasteiger charge is 1.93. The highest BCUT2D eigenvalue weighted by Crippen LogP contribution is 2.11. The van der Waals surface area contributed by atoms with Crippen LogP contribution < -0.4 is 0 Å². The SMILES string of the molecule is CON=Cc1[c]cccc1Cl. The summed E-state index contributed by atoms with van der Waals surface area (Å²) < 4.78 is 0. The molecule has 0 saturated carbocycles. The zero-order chi connectivity index (χ0) is 8.10. The smallest absolute Gasteiger partial charge is 0.106 e. The molecule has 1 aromatic carbocycles. The van der Waals surface area contributed by atoms with Crippen LogP contribution in [0.15, 0.2) is 23.4 Å². The van der Waals surface area contributed by atoms with E-state index in [0.29, 0.717) is 5.02 Å². The van der Waals surface area contributed by atoms with Gasteiger partial charge in [0, 0.05) is 5.56 Å². The van der Waals surface area contributed by atoms with Crippen molar-refractivity contribution in [3.63, 3.8) is 0 Å². The van der Waals surface area contributed by atoms with Crippen molar-refractivity contribution in [2.75, 3.05) is 7.11 Å². The minimum Gasteiger partial charge on any atom is -0.399 e. The van der Waals surface area contributed by atoms with Crippen LogP contribution in [0.25, 0.3) is 0 Å². The van der Waals surface area contributed by atoms with Crippen molar-refractivity contribution in [3.05, 3.63) is 34.9 Å². The third kappa shape index (κ3) is 2.24. The standard InChI is InChI=1S/C8H7ClNO/c1-11-10-6-7-4-2-3-5-8(7)9/h2-3,5-6H,1H3. The van der Waals surface area contributed by atoms with Gasteiger partial charge in [-0.05, 0) is 12.1 Å². The predicted molar refractivity (Wildman–Crippen MR) is 44.9 cm³/mol. The van der Waals surface area contributed by atoms with Gasteiger partial charge in [-0.1, -0.05) is 28.9 Å². The molecule has 0 aliphatic heterocycles. The van der Waals surface area contributed by atoms with E-state index in [9.17, 15) is 0 Å². The van der Waals surface area contributed by atoms with Crippen LogP contribution >= 0.6 is 11.6 Å². The molecule has 1 aromatic rings. The van der Waals surface area contributed by atoms with Crippen LogP contribution in [0, 0.1) is 6.07 Å². The minimum absolute atomic E-state index is 0.619. The summed E-state index contributed by atoms with van der Waals surface area (Å²) in [5.74, 6) is 0. The fraction of sp³-hybridized carbons (Fsp3) is 0.125. The Hall–Kier alpha value is -1.02. The topological polar surface area (TPSA) is 21.6 Å². The lowest BCUT2D eigenvalue weighted by Crippen LogP contribution is -1.82. The van der Waals surface area contributed by atoms with Gasteiger partial charge in [0.2, 0.25) is 0 Å². The van der Waals surface area contributed by atoms with Gasteiger partial charge in [0.1, 0.15) is 7.11 Å². The summed E-state index contributed by atoms with van der Waals surface area (Å²) in [5, 5.41) is 4.18. The maximum atomic E-state index is 5.78. The molecule has 0 unspecified atom stereocenters. The molecule has 0 heterocycles. The van der Waals surface area contributed by atoms with E-state index in [1.54, 1.807) is 12.1 Å². The summed E-state index contributed by atoms with van der Waals surface area (Å²) in [5.41, 5.74) is 0.732. The van der Waals surface area contributed by atoms with Gasteiger partial charge in [0.05, 0.1) is 11.2 Å². The molecule has 11 heavy (non-hydrogen) atoms. The summed E-state index contributed by atoms with van der Waals surface area (Å²) in [6.45, 7) is 0. The quantitative estimate of drug-likeness (QED) is 0.490. The van der Waals surface area contributed by atoms with Gasteiger partial charge in [-0.15, -0.1) is 0 Å². The van der Waals surface area contributed by atoms with E-state index in [1.807, 2.05) is 6.07 Å². The van der Waals surface area contributed by atoms with Crippen LogP contribution in [0.5, 0.6) is 0 Å². The van der Waals surface area contributed by atoms with E-state index in [0.717, 1.165) is 5.56 Å². The molecule has 0 fully saturated rings. The molecule has 0 aromatic heterocycles. The van der Waals surface area contributed by atoms with Crippen LogP contribution in [0.3, 0.4) is 0 Å². The Morgan fingerprint density at radius 3 is 3.18 bits per heavy atom. The van der Waals surface area contributed by atoms with Gasteiger partial charge in [0.25, 0.3) is 0 Å². The summed E-state index contributed by atoms with van der Waals surface area (Å²) in [6.07, 6.45) is 1.52. The van der Waals surface area contributed by atoms with Crippen molar-refractivity contribution in [1.29, 1.82) is 0 Å². The third-order valence-electron chi connectivity index (χ3n) is 1.12. The number of rotatable bonds is 2. The second-order valence-corrected chi connectivity index (χ2v) is 2.26. The van der Waals surface area contributed by atoms with Gasteiger partial charge in [-0.2, -0.15) is 0 Å². The first-order valence-corrected chi connectivity index (χ1v) is 3.45. The maximum Gasteiger partial charge on any atom is 0.106 e. The summed E-state index contributed by atoms with van der Waals surface area (Å²) in [4.78, 5) is 4.49. The average molecular weight is 169 g/mol. The molecular weight excluding hydrogens is 162 g/mol. The van der Waals surface area contributed by atoms with E-state index >= 15 is 0 Å². The van der Waals surface area contributed by atoms with Crippen LogP contribution in [-0.2, 0) is 4.84 Å². The van der Waals surface area contributed by atoms with Gasteiger partial charge in [-0.25, -0.2) is 0 Å². The Kier molecular flexibility index (Phi) is 2.93. The number of oxime groups is 1. The highest BCUT2D eigenvalue weighted by molar-refractivity contribution is 6.33. The number of hydrogen-bond acceptors (Lipinski definition) is 2. The van der Waals surface area contributed by atoms with Crippen LogP contribution in [-0.4, -0.2) is 13.3 Å². The summed E-state index contributed by atoms with van der Waals surface area (Å²) in [6, 6.07) is 8.26. The molecule has 57 valence electrons. The first-order valence-electron chi connectivity index (χ1n) is 3.07. The van der Waals surface area contributed by atoms with E-state index in [1.165, 1.54) is 13.3 Å². The fourth-order valence-electron chi connectivity index (χ4n) is 0.634. The zero-order valence-electron chi connectivity index (χ0n) is 6.04. The normalized spacial score (nSPS) is 10.4. The van der Waals surface area contributed by atoms with Crippen LogP contribution in [0.1, 0.15) is 5.56 Å². The van der Waals surface area contributed by atoms with Gasteiger partial charge in [-0.3, -0.25) is 0 Å². The summed E-state index contributed by atoms with van der Waals surface area (Å²) >= 11 is 5.78. The molecule has 2 nitrogen and oxygen atoms in total. The molecule has 0 amide bonds. The number of benzene rings is 1. The maximum absolute atomic E-state index is 5.78. The number of nitrogens with zero attached hydrogens (tertiary/aromatic N) is 1. The van der Waals surface area contributed by atoms with Gasteiger partial charge >= 0.3 is 0 Å². The minimum atomic E-state index is 0.619. The van der Waals surface area contributed by atoms with Gasteiger partial charge in [0.15, 0.2) is 0 Å². The molecule has 0 N–H and O–H groups in total. The molecule has 3 heteroatoms. The van der Waals surface area contributed by atoms with E-state index in [4.69, 9.17) is 11.6 Å². The summed E-state index contributed by atoms with van der Waals surface area (Å²) in [7, 11) is 1.48. The molecule has 0 aliphatic carbocycles. The van der Waals surface area contributed by atoms with Crippen LogP contribution in [0.4, 0.5) is 0 Å². The van der Waals surface area contributed by atoms with Crippen molar-refractivity contribution in [2.24, 2.45) is 5.16 Å². The first-order chi connectivity index (χ1) is 5.34. The largest absolute Gasteiger partial charge is 0.399 e. The lowest BCUT2D eigenvalue weighted by Gasteiger charge is -1.93. The van der Waals surface area contributed by atoms with Crippen molar-refractivity contribution in [3.8, 4) is 0 Å². The molecule has 0 bridgehead atoms. The zero-order valence-corrected chi connectivity index (χ0v) is 6.80. The Bertz CT molecular complexity index is 260. The van der Waals surface area contributed by atoms with Crippen molar-refractivity contribution < 1.29 is 4.84 Å². The molecule has 0 atom stereocenters. The molecule has 0 spiro atoms. The number of halogens is 1. The Labute approximate surface area is 70.4 Å². The predicted octanol–water partition coefficient (Wildman–Crippen LogP) is 2.12.